The van der Waals surface area contributed by atoms with Crippen molar-refractivity contribution >= 4 is 11.9 Å². The van der Waals surface area contributed by atoms with Gasteiger partial charge in [0.05, 0.1) is 0 Å². The van der Waals surface area contributed by atoms with Gasteiger partial charge in [-0.1, -0.05) is 20.3 Å². The summed E-state index contributed by atoms with van der Waals surface area (Å²) in [5.41, 5.74) is 0.271. The third kappa shape index (κ3) is 4.47. The van der Waals surface area contributed by atoms with Crippen molar-refractivity contribution < 1.29 is 14.7 Å². The van der Waals surface area contributed by atoms with Crippen LogP contribution in [0.5, 0.6) is 0 Å². The first kappa shape index (κ1) is 12.7. The van der Waals surface area contributed by atoms with Crippen LogP contribution in [0, 0.1) is 5.41 Å². The Balaban J connectivity index is 2.42. The molecule has 0 heterocycles. The second-order valence-electron chi connectivity index (χ2n) is 5.14. The maximum absolute atomic E-state index is 11.4. The highest BCUT2D eigenvalue weighted by Gasteiger charge is 2.28. The number of rotatable bonds is 3. The van der Waals surface area contributed by atoms with Crippen LogP contribution in [0.3, 0.4) is 0 Å². The molecule has 0 aromatic rings. The fourth-order valence-electron chi connectivity index (χ4n) is 2.22. The van der Waals surface area contributed by atoms with Crippen molar-refractivity contribution in [3.8, 4) is 0 Å². The minimum atomic E-state index is -1.10. The molecule has 1 amide bonds. The fraction of sp³-hybridized carbons (Fsp3) is 0.667. The van der Waals surface area contributed by atoms with Gasteiger partial charge >= 0.3 is 5.97 Å². The minimum Gasteiger partial charge on any atom is -0.478 e. The van der Waals surface area contributed by atoms with Gasteiger partial charge in [0.1, 0.15) is 0 Å². The monoisotopic (exact) mass is 225 g/mol. The summed E-state index contributed by atoms with van der Waals surface area (Å²) in [5.74, 6) is -1.41. The molecule has 4 nitrogen and oxygen atoms in total. The average Bonchev–Trinajstić information content (AvgIpc) is 2.13. The first-order valence-corrected chi connectivity index (χ1v) is 5.60. The van der Waals surface area contributed by atoms with E-state index in [4.69, 9.17) is 5.11 Å². The van der Waals surface area contributed by atoms with E-state index in [2.05, 4.69) is 19.2 Å². The van der Waals surface area contributed by atoms with Gasteiger partial charge < -0.3 is 10.4 Å². The predicted molar refractivity (Wildman–Crippen MR) is 61.0 cm³/mol. The number of hydrogen-bond acceptors (Lipinski definition) is 2. The Morgan fingerprint density at radius 3 is 2.62 bits per heavy atom. The number of carboxylic acids is 1. The summed E-state index contributed by atoms with van der Waals surface area (Å²) in [6.45, 7) is 4.39. The second kappa shape index (κ2) is 5.14. The molecule has 90 valence electrons. The van der Waals surface area contributed by atoms with Crippen LogP contribution in [-0.4, -0.2) is 23.0 Å². The van der Waals surface area contributed by atoms with Crippen LogP contribution in [0.1, 0.15) is 39.5 Å². The SMILES string of the molecule is CC1(C)CCCC(NC(=O)/C=C/C(=O)O)C1. The zero-order chi connectivity index (χ0) is 12.2. The third-order valence-corrected chi connectivity index (χ3v) is 2.93. The quantitative estimate of drug-likeness (QED) is 0.718. The third-order valence-electron chi connectivity index (χ3n) is 2.93. The summed E-state index contributed by atoms with van der Waals surface area (Å²) >= 11 is 0. The maximum atomic E-state index is 11.4. The maximum Gasteiger partial charge on any atom is 0.328 e. The van der Waals surface area contributed by atoms with E-state index in [0.29, 0.717) is 0 Å². The lowest BCUT2D eigenvalue weighted by Gasteiger charge is -2.35. The molecule has 4 heteroatoms. The molecule has 1 atom stereocenters. The van der Waals surface area contributed by atoms with E-state index in [1.165, 1.54) is 6.42 Å². The van der Waals surface area contributed by atoms with E-state index >= 15 is 0 Å². The van der Waals surface area contributed by atoms with Crippen molar-refractivity contribution in [3.05, 3.63) is 12.2 Å². The molecular formula is C12H19NO3. The summed E-state index contributed by atoms with van der Waals surface area (Å²) in [4.78, 5) is 21.6. The molecule has 1 rings (SSSR count). The van der Waals surface area contributed by atoms with Gasteiger partial charge in [-0.25, -0.2) is 4.79 Å². The largest absolute Gasteiger partial charge is 0.478 e. The van der Waals surface area contributed by atoms with E-state index in [-0.39, 0.29) is 17.4 Å². The molecule has 1 aliphatic rings. The Bertz CT molecular complexity index is 307. The molecule has 1 aliphatic carbocycles. The predicted octanol–water partition coefficient (Wildman–Crippen LogP) is 1.71. The number of carbonyl (C=O) groups excluding carboxylic acids is 1. The highest BCUT2D eigenvalue weighted by Crippen LogP contribution is 2.34. The standard InChI is InChI=1S/C12H19NO3/c1-12(2)7-3-4-9(8-12)13-10(14)5-6-11(15)16/h5-6,9H,3-4,7-8H2,1-2H3,(H,13,14)(H,15,16)/b6-5+. The number of hydrogen-bond donors (Lipinski definition) is 2. The molecule has 0 aromatic carbocycles. The smallest absolute Gasteiger partial charge is 0.328 e. The van der Waals surface area contributed by atoms with Crippen molar-refractivity contribution in [1.29, 1.82) is 0 Å². The van der Waals surface area contributed by atoms with E-state index in [9.17, 15) is 9.59 Å². The molecule has 0 aliphatic heterocycles. The van der Waals surface area contributed by atoms with E-state index in [1.807, 2.05) is 0 Å². The van der Waals surface area contributed by atoms with Crippen molar-refractivity contribution in [3.63, 3.8) is 0 Å². The van der Waals surface area contributed by atoms with Gasteiger partial charge in [0, 0.05) is 18.2 Å². The molecule has 0 saturated heterocycles. The van der Waals surface area contributed by atoms with Crippen molar-refractivity contribution in [2.45, 2.75) is 45.6 Å². The first-order chi connectivity index (χ1) is 7.39. The Kier molecular flexibility index (Phi) is 4.10. The number of carboxylic acid groups (broad SMARTS) is 1. The molecule has 0 aromatic heterocycles. The van der Waals surface area contributed by atoms with Gasteiger partial charge in [0.25, 0.3) is 0 Å². The van der Waals surface area contributed by atoms with Gasteiger partial charge in [-0.15, -0.1) is 0 Å². The zero-order valence-corrected chi connectivity index (χ0v) is 9.82. The summed E-state index contributed by atoms with van der Waals surface area (Å²) in [6, 6.07) is 0.176. The lowest BCUT2D eigenvalue weighted by atomic mass is 9.75. The zero-order valence-electron chi connectivity index (χ0n) is 9.82. The van der Waals surface area contributed by atoms with E-state index in [0.717, 1.165) is 31.4 Å². The Morgan fingerprint density at radius 2 is 2.06 bits per heavy atom. The van der Waals surface area contributed by atoms with Crippen LogP contribution in [0.4, 0.5) is 0 Å². The van der Waals surface area contributed by atoms with Gasteiger partial charge in [0.15, 0.2) is 0 Å². The highest BCUT2D eigenvalue weighted by atomic mass is 16.4. The van der Waals surface area contributed by atoms with Crippen LogP contribution < -0.4 is 5.32 Å². The summed E-state index contributed by atoms with van der Waals surface area (Å²) in [7, 11) is 0. The molecule has 0 radical (unpaired) electrons. The highest BCUT2D eigenvalue weighted by molar-refractivity contribution is 5.93. The molecule has 16 heavy (non-hydrogen) atoms. The number of aliphatic carboxylic acids is 1. The average molecular weight is 225 g/mol. The van der Waals surface area contributed by atoms with Crippen LogP contribution in [0.2, 0.25) is 0 Å². The summed E-state index contributed by atoms with van der Waals surface area (Å²) < 4.78 is 0. The van der Waals surface area contributed by atoms with Gasteiger partial charge in [-0.2, -0.15) is 0 Å². The molecule has 2 N–H and O–H groups in total. The topological polar surface area (TPSA) is 66.4 Å². The van der Waals surface area contributed by atoms with E-state index in [1.54, 1.807) is 0 Å². The molecule has 0 spiro atoms. The van der Waals surface area contributed by atoms with Crippen LogP contribution in [-0.2, 0) is 9.59 Å². The lowest BCUT2D eigenvalue weighted by Crippen LogP contribution is -2.40. The number of amides is 1. The fourth-order valence-corrected chi connectivity index (χ4v) is 2.22. The van der Waals surface area contributed by atoms with Gasteiger partial charge in [-0.3, -0.25) is 4.79 Å². The molecule has 1 saturated carbocycles. The van der Waals surface area contributed by atoms with Gasteiger partial charge in [0.2, 0.25) is 5.91 Å². The second-order valence-corrected chi connectivity index (χ2v) is 5.14. The lowest BCUT2D eigenvalue weighted by molar-refractivity contribution is -0.131. The molecule has 1 unspecified atom stereocenters. The minimum absolute atomic E-state index is 0.176. The van der Waals surface area contributed by atoms with Crippen LogP contribution in [0.25, 0.3) is 0 Å². The van der Waals surface area contributed by atoms with Crippen molar-refractivity contribution in [1.82, 2.24) is 5.32 Å². The Labute approximate surface area is 95.7 Å². The Hall–Kier alpha value is -1.32. The number of nitrogens with one attached hydrogen (secondary N) is 1. The van der Waals surface area contributed by atoms with E-state index < -0.39 is 5.97 Å². The van der Waals surface area contributed by atoms with Crippen molar-refractivity contribution in [2.75, 3.05) is 0 Å². The summed E-state index contributed by atoms with van der Waals surface area (Å²) in [5, 5.41) is 11.2. The van der Waals surface area contributed by atoms with Crippen LogP contribution >= 0.6 is 0 Å². The van der Waals surface area contributed by atoms with Gasteiger partial charge in [-0.05, 0) is 24.7 Å². The molecule has 0 bridgehead atoms. The van der Waals surface area contributed by atoms with Crippen LogP contribution in [0.15, 0.2) is 12.2 Å². The van der Waals surface area contributed by atoms with Crippen molar-refractivity contribution in [2.24, 2.45) is 5.41 Å². The Morgan fingerprint density at radius 1 is 1.38 bits per heavy atom. The summed E-state index contributed by atoms with van der Waals surface area (Å²) in [6.07, 6.45) is 6.17. The molecule has 1 fully saturated rings. The first-order valence-electron chi connectivity index (χ1n) is 5.60. The normalized spacial score (nSPS) is 24.2. The number of carbonyl (C=O) groups is 2. The molecular weight excluding hydrogens is 206 g/mol.